The zero-order valence-electron chi connectivity index (χ0n) is 11.9. The van der Waals surface area contributed by atoms with Crippen LogP contribution in [0, 0.1) is 34.5 Å². The fourth-order valence-corrected chi connectivity index (χ4v) is 6.84. The summed E-state index contributed by atoms with van der Waals surface area (Å²) in [6, 6.07) is 0. The van der Waals surface area contributed by atoms with Gasteiger partial charge in [-0.1, -0.05) is 58.6 Å². The summed E-state index contributed by atoms with van der Waals surface area (Å²) in [7, 11) is -1.08. The van der Waals surface area contributed by atoms with Crippen LogP contribution in [-0.2, 0) is 0 Å². The van der Waals surface area contributed by atoms with Gasteiger partial charge in [0.15, 0.2) is 0 Å². The van der Waals surface area contributed by atoms with Gasteiger partial charge >= 0.3 is 0 Å². The van der Waals surface area contributed by atoms with Crippen LogP contribution in [-0.4, -0.2) is 8.07 Å². The molecule has 0 aromatic carbocycles. The third-order valence-corrected chi connectivity index (χ3v) is 8.06. The highest BCUT2D eigenvalue weighted by Crippen LogP contribution is 2.80. The molecule has 2 saturated carbocycles. The van der Waals surface area contributed by atoms with Crippen LogP contribution in [0.15, 0.2) is 11.3 Å². The fraction of sp³-hybridized carbons (Fsp3) is 0.867. The van der Waals surface area contributed by atoms with Crippen molar-refractivity contribution >= 4 is 8.07 Å². The molecule has 0 aromatic heterocycles. The first kappa shape index (κ1) is 11.1. The maximum Gasteiger partial charge on any atom is 0.0724 e. The topological polar surface area (TPSA) is 0 Å². The van der Waals surface area contributed by atoms with Crippen molar-refractivity contribution in [3.8, 4) is 0 Å². The van der Waals surface area contributed by atoms with Crippen molar-refractivity contribution in [2.75, 3.05) is 0 Å². The second-order valence-electron chi connectivity index (χ2n) is 8.57. The summed E-state index contributed by atoms with van der Waals surface area (Å²) in [5.41, 5.74) is 1.22. The highest BCUT2D eigenvalue weighted by Gasteiger charge is 2.76. The molecule has 4 unspecified atom stereocenters. The van der Waals surface area contributed by atoms with Crippen LogP contribution in [0.2, 0.25) is 19.6 Å². The number of rotatable bonds is 1. The molecule has 0 amide bonds. The highest BCUT2D eigenvalue weighted by atomic mass is 28.3. The summed E-state index contributed by atoms with van der Waals surface area (Å²) in [5.74, 6) is 3.88. The highest BCUT2D eigenvalue weighted by molar-refractivity contribution is 6.83. The molecule has 0 N–H and O–H groups in total. The Hall–Kier alpha value is -0.0431. The predicted octanol–water partition coefficient (Wildman–Crippen LogP) is 4.35. The molecule has 0 aliphatic heterocycles. The van der Waals surface area contributed by atoms with E-state index in [1.807, 2.05) is 5.20 Å². The maximum absolute atomic E-state index is 2.72. The average Bonchev–Trinajstić information content (AvgIpc) is 2.85. The molecular weight excluding hydrogens is 208 g/mol. The van der Waals surface area contributed by atoms with Gasteiger partial charge in [-0.15, -0.1) is 0 Å². The molecule has 3 aliphatic carbocycles. The Bertz CT molecular complexity index is 381. The van der Waals surface area contributed by atoms with Crippen LogP contribution >= 0.6 is 0 Å². The van der Waals surface area contributed by atoms with E-state index in [-0.39, 0.29) is 0 Å². The number of fused-ring (bicyclic) bond motifs is 3. The Morgan fingerprint density at radius 3 is 2.00 bits per heavy atom. The van der Waals surface area contributed by atoms with E-state index in [0.717, 1.165) is 23.7 Å². The van der Waals surface area contributed by atoms with Gasteiger partial charge in [0.25, 0.3) is 0 Å². The molecule has 0 bridgehead atoms. The smallest absolute Gasteiger partial charge is 0.0724 e. The van der Waals surface area contributed by atoms with Gasteiger partial charge < -0.3 is 0 Å². The van der Waals surface area contributed by atoms with Gasteiger partial charge in [0, 0.05) is 0 Å². The SMILES string of the molecule is CC1(C)C2C=C([Si](C)(C)C)C3C(C21)C3(C)C. The van der Waals surface area contributed by atoms with Crippen LogP contribution in [0.4, 0.5) is 0 Å². The lowest BCUT2D eigenvalue weighted by Gasteiger charge is -2.24. The van der Waals surface area contributed by atoms with Crippen LogP contribution in [0.5, 0.6) is 0 Å². The Labute approximate surface area is 102 Å². The Balaban J connectivity index is 2.03. The first-order valence-electron chi connectivity index (χ1n) is 6.82. The van der Waals surface area contributed by atoms with Gasteiger partial charge in [-0.2, -0.15) is 0 Å². The molecule has 0 nitrogen and oxygen atoms in total. The third-order valence-electron chi connectivity index (χ3n) is 5.85. The first-order valence-corrected chi connectivity index (χ1v) is 10.3. The molecule has 90 valence electrons. The van der Waals surface area contributed by atoms with Crippen molar-refractivity contribution in [1.82, 2.24) is 0 Å². The van der Waals surface area contributed by atoms with Gasteiger partial charge in [0.1, 0.15) is 0 Å². The molecule has 0 radical (unpaired) electrons. The van der Waals surface area contributed by atoms with Gasteiger partial charge in [-0.05, 0) is 34.5 Å². The standard InChI is InChI=1S/C15H26Si/c1-14(2)9-8-10(16(5,6)7)12-13(11(9)14)15(12,3)4/h8-9,11-13H,1-7H3. The number of hydrogen-bond acceptors (Lipinski definition) is 0. The van der Waals surface area contributed by atoms with Crippen LogP contribution in [0.25, 0.3) is 0 Å². The Morgan fingerprint density at radius 1 is 0.938 bits per heavy atom. The summed E-state index contributed by atoms with van der Waals surface area (Å²) in [5, 5.41) is 1.90. The Morgan fingerprint density at radius 2 is 1.50 bits per heavy atom. The maximum atomic E-state index is 2.72. The molecular formula is C15H26Si. The lowest BCUT2D eigenvalue weighted by Crippen LogP contribution is -2.27. The molecule has 0 heterocycles. The minimum absolute atomic E-state index is 0.609. The van der Waals surface area contributed by atoms with E-state index in [1.54, 1.807) is 0 Å². The third kappa shape index (κ3) is 1.11. The quantitative estimate of drug-likeness (QED) is 0.592. The van der Waals surface area contributed by atoms with Gasteiger partial charge in [0.2, 0.25) is 0 Å². The molecule has 2 fully saturated rings. The molecule has 3 aliphatic rings. The average molecular weight is 234 g/mol. The summed E-state index contributed by atoms with van der Waals surface area (Å²) in [6.45, 7) is 17.6. The molecule has 3 rings (SSSR count). The van der Waals surface area contributed by atoms with Crippen LogP contribution < -0.4 is 0 Å². The van der Waals surface area contributed by atoms with E-state index in [4.69, 9.17) is 0 Å². The summed E-state index contributed by atoms with van der Waals surface area (Å²) >= 11 is 0. The first-order chi connectivity index (χ1) is 7.09. The van der Waals surface area contributed by atoms with Gasteiger partial charge in [-0.3, -0.25) is 0 Å². The number of allylic oxidation sites excluding steroid dienone is 2. The van der Waals surface area contributed by atoms with Crippen LogP contribution in [0.3, 0.4) is 0 Å². The monoisotopic (exact) mass is 234 g/mol. The van der Waals surface area contributed by atoms with Gasteiger partial charge in [0.05, 0.1) is 8.07 Å². The number of hydrogen-bond donors (Lipinski definition) is 0. The van der Waals surface area contributed by atoms with Gasteiger partial charge in [-0.25, -0.2) is 0 Å². The van der Waals surface area contributed by atoms with E-state index in [1.165, 1.54) is 0 Å². The van der Waals surface area contributed by atoms with E-state index in [9.17, 15) is 0 Å². The van der Waals surface area contributed by atoms with E-state index in [2.05, 4.69) is 53.4 Å². The van der Waals surface area contributed by atoms with Crippen molar-refractivity contribution in [3.63, 3.8) is 0 Å². The molecule has 0 aromatic rings. The van der Waals surface area contributed by atoms with Crippen molar-refractivity contribution in [3.05, 3.63) is 11.3 Å². The molecule has 1 heteroatoms. The van der Waals surface area contributed by atoms with Crippen molar-refractivity contribution in [1.29, 1.82) is 0 Å². The van der Waals surface area contributed by atoms with Crippen molar-refractivity contribution < 1.29 is 0 Å². The minimum Gasteiger partial charge on any atom is -0.0849 e. The minimum atomic E-state index is -1.08. The normalized spacial score (nSPS) is 46.6. The van der Waals surface area contributed by atoms with E-state index >= 15 is 0 Å². The van der Waals surface area contributed by atoms with E-state index in [0.29, 0.717) is 10.8 Å². The zero-order chi connectivity index (χ0) is 12.1. The second-order valence-corrected chi connectivity index (χ2v) is 13.6. The Kier molecular flexibility index (Phi) is 1.75. The largest absolute Gasteiger partial charge is 0.0849 e. The van der Waals surface area contributed by atoms with E-state index < -0.39 is 8.07 Å². The molecule has 16 heavy (non-hydrogen) atoms. The summed E-state index contributed by atoms with van der Waals surface area (Å²) in [6.07, 6.45) is 2.72. The zero-order valence-corrected chi connectivity index (χ0v) is 12.9. The van der Waals surface area contributed by atoms with Crippen molar-refractivity contribution in [2.45, 2.75) is 47.3 Å². The lowest BCUT2D eigenvalue weighted by atomic mass is 10.0. The van der Waals surface area contributed by atoms with Crippen molar-refractivity contribution in [2.24, 2.45) is 34.5 Å². The fourth-order valence-electron chi connectivity index (χ4n) is 4.68. The molecule has 0 saturated heterocycles. The predicted molar refractivity (Wildman–Crippen MR) is 73.0 cm³/mol. The lowest BCUT2D eigenvalue weighted by molar-refractivity contribution is 0.447. The molecule has 4 atom stereocenters. The summed E-state index contributed by atoms with van der Waals surface area (Å²) in [4.78, 5) is 0. The van der Waals surface area contributed by atoms with Crippen LogP contribution in [0.1, 0.15) is 27.7 Å². The summed E-state index contributed by atoms with van der Waals surface area (Å²) < 4.78 is 0. The molecule has 0 spiro atoms. The second kappa shape index (κ2) is 2.53.